The second kappa shape index (κ2) is 8.31. The molecule has 3 aromatic rings. The van der Waals surface area contributed by atoms with Crippen LogP contribution < -0.4 is 5.73 Å². The predicted octanol–water partition coefficient (Wildman–Crippen LogP) is 5.06. The van der Waals surface area contributed by atoms with E-state index in [-0.39, 0.29) is 5.91 Å². The van der Waals surface area contributed by atoms with E-state index < -0.39 is 0 Å². The SMILES string of the molecule is CCN(C)Cc1cc(-c2cc(C(N)=O)c3[nH]cc(C4CCSCC4)c3c2)cs1. The lowest BCUT2D eigenvalue weighted by atomic mass is 9.91. The molecule has 0 bridgehead atoms. The molecule has 3 N–H and O–H groups in total. The van der Waals surface area contributed by atoms with Gasteiger partial charge in [-0.2, -0.15) is 11.8 Å². The van der Waals surface area contributed by atoms with Crippen LogP contribution in [0.1, 0.15) is 46.5 Å². The highest BCUT2D eigenvalue weighted by Crippen LogP contribution is 2.38. The van der Waals surface area contributed by atoms with Crippen LogP contribution in [0.2, 0.25) is 0 Å². The lowest BCUT2D eigenvalue weighted by Crippen LogP contribution is -2.15. The van der Waals surface area contributed by atoms with Crippen molar-refractivity contribution in [2.24, 2.45) is 5.73 Å². The molecule has 4 nitrogen and oxygen atoms in total. The topological polar surface area (TPSA) is 62.1 Å². The largest absolute Gasteiger partial charge is 0.366 e. The number of hydrogen-bond acceptors (Lipinski definition) is 4. The maximum atomic E-state index is 12.2. The van der Waals surface area contributed by atoms with Crippen LogP contribution in [0.4, 0.5) is 0 Å². The van der Waals surface area contributed by atoms with Crippen molar-refractivity contribution >= 4 is 39.9 Å². The van der Waals surface area contributed by atoms with Crippen LogP contribution in [0, 0.1) is 0 Å². The number of aromatic nitrogens is 1. The Balaban J connectivity index is 1.77. The van der Waals surface area contributed by atoms with Gasteiger partial charge in [-0.1, -0.05) is 6.92 Å². The third-order valence-electron chi connectivity index (χ3n) is 5.70. The second-order valence-electron chi connectivity index (χ2n) is 7.57. The van der Waals surface area contributed by atoms with Gasteiger partial charge in [0.15, 0.2) is 0 Å². The summed E-state index contributed by atoms with van der Waals surface area (Å²) in [4.78, 5) is 19.1. The Kier molecular flexibility index (Phi) is 5.80. The molecule has 1 saturated heterocycles. The van der Waals surface area contributed by atoms with Crippen molar-refractivity contribution in [1.82, 2.24) is 9.88 Å². The molecule has 0 atom stereocenters. The first-order chi connectivity index (χ1) is 13.6. The fraction of sp³-hybridized carbons (Fsp3) is 0.409. The van der Waals surface area contributed by atoms with Crippen molar-refractivity contribution in [1.29, 1.82) is 0 Å². The standard InChI is InChI=1S/C22H27N3OS2/c1-3-25(2)12-17-8-16(13-28-17)15-9-18-20(14-4-6-27-7-5-14)11-24-21(18)19(10-15)22(23)26/h8-11,13-14,24H,3-7,12H2,1-2H3,(H2,23,26). The van der Waals surface area contributed by atoms with Crippen molar-refractivity contribution in [3.8, 4) is 11.1 Å². The molecular formula is C22H27N3OS2. The maximum Gasteiger partial charge on any atom is 0.250 e. The summed E-state index contributed by atoms with van der Waals surface area (Å²) in [5.41, 5.74) is 10.8. The van der Waals surface area contributed by atoms with Gasteiger partial charge in [-0.25, -0.2) is 0 Å². The number of hydrogen-bond donors (Lipinski definition) is 2. The number of benzene rings is 1. The number of carbonyl (C=O) groups excluding carboxylic acids is 1. The van der Waals surface area contributed by atoms with Gasteiger partial charge in [-0.15, -0.1) is 11.3 Å². The molecule has 0 radical (unpaired) electrons. The van der Waals surface area contributed by atoms with Crippen molar-refractivity contribution in [2.75, 3.05) is 25.1 Å². The third-order valence-corrected chi connectivity index (χ3v) is 7.67. The normalized spacial score (nSPS) is 15.5. The Morgan fingerprint density at radius 2 is 2.04 bits per heavy atom. The van der Waals surface area contributed by atoms with Gasteiger partial charge in [0.25, 0.3) is 5.91 Å². The predicted molar refractivity (Wildman–Crippen MR) is 121 cm³/mol. The van der Waals surface area contributed by atoms with E-state index in [0.717, 1.165) is 29.6 Å². The molecule has 0 spiro atoms. The Labute approximate surface area is 174 Å². The summed E-state index contributed by atoms with van der Waals surface area (Å²) < 4.78 is 0. The van der Waals surface area contributed by atoms with Crippen molar-refractivity contribution in [2.45, 2.75) is 32.2 Å². The zero-order valence-electron chi connectivity index (χ0n) is 16.5. The number of aromatic amines is 1. The zero-order valence-corrected chi connectivity index (χ0v) is 18.1. The average Bonchev–Trinajstić information content (AvgIpc) is 3.34. The smallest absolute Gasteiger partial charge is 0.250 e. The Hall–Kier alpha value is -1.76. The molecule has 0 unspecified atom stereocenters. The molecule has 1 aliphatic heterocycles. The summed E-state index contributed by atoms with van der Waals surface area (Å²) >= 11 is 3.81. The number of thioether (sulfide) groups is 1. The highest BCUT2D eigenvalue weighted by molar-refractivity contribution is 7.99. The van der Waals surface area contributed by atoms with Crippen molar-refractivity contribution in [3.63, 3.8) is 0 Å². The quantitative estimate of drug-likeness (QED) is 0.594. The van der Waals surface area contributed by atoms with Crippen LogP contribution in [-0.2, 0) is 6.54 Å². The molecule has 1 aliphatic rings. The molecule has 3 heterocycles. The van der Waals surface area contributed by atoms with Gasteiger partial charge in [0, 0.05) is 23.0 Å². The number of primary amides is 1. The molecule has 0 saturated carbocycles. The molecule has 6 heteroatoms. The fourth-order valence-corrected chi connectivity index (χ4v) is 6.03. The number of carbonyl (C=O) groups is 1. The first-order valence-corrected chi connectivity index (χ1v) is 11.9. The second-order valence-corrected chi connectivity index (χ2v) is 9.79. The van der Waals surface area contributed by atoms with Gasteiger partial charge in [0.1, 0.15) is 0 Å². The Morgan fingerprint density at radius 1 is 1.25 bits per heavy atom. The van der Waals surface area contributed by atoms with E-state index in [0.29, 0.717) is 11.5 Å². The van der Waals surface area contributed by atoms with E-state index in [1.54, 1.807) is 11.3 Å². The number of nitrogens with two attached hydrogens (primary N) is 1. The van der Waals surface area contributed by atoms with Crippen molar-refractivity contribution in [3.05, 3.63) is 45.8 Å². The van der Waals surface area contributed by atoms with E-state index in [9.17, 15) is 4.79 Å². The molecule has 28 heavy (non-hydrogen) atoms. The Bertz CT molecular complexity index is 985. The number of fused-ring (bicyclic) bond motifs is 1. The van der Waals surface area contributed by atoms with E-state index in [1.807, 2.05) is 17.8 Å². The summed E-state index contributed by atoms with van der Waals surface area (Å²) in [5, 5.41) is 3.34. The van der Waals surface area contributed by atoms with Gasteiger partial charge in [0.2, 0.25) is 0 Å². The molecule has 0 aliphatic carbocycles. The zero-order chi connectivity index (χ0) is 19.7. The molecular weight excluding hydrogens is 386 g/mol. The number of rotatable bonds is 6. The molecule has 1 aromatic carbocycles. The minimum absolute atomic E-state index is 0.374. The fourth-order valence-electron chi connectivity index (χ4n) is 3.95. The molecule has 4 rings (SSSR count). The molecule has 148 valence electrons. The first kappa shape index (κ1) is 19.6. The number of nitrogens with zero attached hydrogens (tertiary/aromatic N) is 1. The van der Waals surface area contributed by atoms with Crippen LogP contribution in [0.15, 0.2) is 29.8 Å². The van der Waals surface area contributed by atoms with Crippen LogP contribution in [-0.4, -0.2) is 40.9 Å². The first-order valence-electron chi connectivity index (χ1n) is 9.85. The number of amides is 1. The number of thiophene rings is 1. The highest BCUT2D eigenvalue weighted by Gasteiger charge is 2.22. The molecule has 1 amide bonds. The third kappa shape index (κ3) is 3.86. The van der Waals surface area contributed by atoms with Crippen molar-refractivity contribution < 1.29 is 4.79 Å². The summed E-state index contributed by atoms with van der Waals surface area (Å²) in [6, 6.07) is 6.42. The van der Waals surface area contributed by atoms with E-state index in [2.05, 4.69) is 47.6 Å². The van der Waals surface area contributed by atoms with Gasteiger partial charge in [-0.05, 0) is 84.1 Å². The number of H-pyrrole nitrogens is 1. The summed E-state index contributed by atoms with van der Waals surface area (Å²) in [6.07, 6.45) is 4.48. The maximum absolute atomic E-state index is 12.2. The molecule has 2 aromatic heterocycles. The van der Waals surface area contributed by atoms with Crippen LogP contribution in [0.3, 0.4) is 0 Å². The van der Waals surface area contributed by atoms with E-state index in [4.69, 9.17) is 5.73 Å². The average molecular weight is 414 g/mol. The minimum Gasteiger partial charge on any atom is -0.366 e. The van der Waals surface area contributed by atoms with Crippen LogP contribution >= 0.6 is 23.1 Å². The van der Waals surface area contributed by atoms with Gasteiger partial charge in [0.05, 0.1) is 11.1 Å². The van der Waals surface area contributed by atoms with E-state index in [1.165, 1.54) is 40.4 Å². The lowest BCUT2D eigenvalue weighted by Gasteiger charge is -2.21. The van der Waals surface area contributed by atoms with Gasteiger partial charge >= 0.3 is 0 Å². The van der Waals surface area contributed by atoms with Crippen LogP contribution in [0.5, 0.6) is 0 Å². The highest BCUT2D eigenvalue weighted by atomic mass is 32.2. The van der Waals surface area contributed by atoms with Gasteiger partial charge in [-0.3, -0.25) is 4.79 Å². The molecule has 1 fully saturated rings. The number of nitrogens with one attached hydrogen (secondary N) is 1. The summed E-state index contributed by atoms with van der Waals surface area (Å²) in [6.45, 7) is 4.14. The van der Waals surface area contributed by atoms with Gasteiger partial charge < -0.3 is 15.6 Å². The Morgan fingerprint density at radius 3 is 2.75 bits per heavy atom. The summed E-state index contributed by atoms with van der Waals surface area (Å²) in [5.74, 6) is 2.60. The van der Waals surface area contributed by atoms with Crippen LogP contribution in [0.25, 0.3) is 22.0 Å². The lowest BCUT2D eigenvalue weighted by molar-refractivity contribution is 0.100. The van der Waals surface area contributed by atoms with E-state index >= 15 is 0 Å². The summed E-state index contributed by atoms with van der Waals surface area (Å²) in [7, 11) is 2.13. The minimum atomic E-state index is -0.374. The monoisotopic (exact) mass is 413 g/mol.